The van der Waals surface area contributed by atoms with Crippen molar-refractivity contribution in [3.63, 3.8) is 0 Å². The molecule has 0 spiro atoms. The quantitative estimate of drug-likeness (QED) is 0.723. The van der Waals surface area contributed by atoms with E-state index in [1.807, 2.05) is 0 Å². The van der Waals surface area contributed by atoms with Gasteiger partial charge in [0.05, 0.1) is 17.3 Å². The lowest BCUT2D eigenvalue weighted by Gasteiger charge is -2.16. The number of hydrogen-bond acceptors (Lipinski definition) is 3. The third-order valence-electron chi connectivity index (χ3n) is 3.15. The van der Waals surface area contributed by atoms with Gasteiger partial charge in [0, 0.05) is 16.0 Å². The van der Waals surface area contributed by atoms with Crippen LogP contribution in [0.1, 0.15) is 23.2 Å². The Hall–Kier alpha value is -0.920. The molecule has 1 aromatic rings. The van der Waals surface area contributed by atoms with Crippen molar-refractivity contribution < 1.29 is 9.59 Å². The summed E-state index contributed by atoms with van der Waals surface area (Å²) in [6, 6.07) is 3.29. The van der Waals surface area contributed by atoms with Crippen molar-refractivity contribution >= 4 is 49.4 Å². The Morgan fingerprint density at radius 3 is 2.70 bits per heavy atom. The average Bonchev–Trinajstić information content (AvgIpc) is 2.94. The van der Waals surface area contributed by atoms with Crippen molar-refractivity contribution in [1.82, 2.24) is 10.6 Å². The highest BCUT2D eigenvalue weighted by atomic mass is 79.9. The summed E-state index contributed by atoms with van der Waals surface area (Å²) in [5.41, 5.74) is 0.909. The molecule has 108 valence electrons. The number of carbonyl (C=O) groups excluding carboxylic acids is 2. The highest BCUT2D eigenvalue weighted by Crippen LogP contribution is 2.31. The molecule has 3 N–H and O–H groups in total. The van der Waals surface area contributed by atoms with E-state index >= 15 is 0 Å². The Labute approximate surface area is 134 Å². The molecular weight excluding hydrogens is 390 g/mol. The first-order chi connectivity index (χ1) is 9.52. The maximum Gasteiger partial charge on any atom is 0.253 e. The van der Waals surface area contributed by atoms with Crippen LogP contribution in [0.25, 0.3) is 0 Å². The Kier molecular flexibility index (Phi) is 5.17. The van der Waals surface area contributed by atoms with E-state index < -0.39 is 0 Å². The zero-order chi connectivity index (χ0) is 14.7. The van der Waals surface area contributed by atoms with Crippen LogP contribution in [0.15, 0.2) is 21.1 Å². The smallest absolute Gasteiger partial charge is 0.253 e. The van der Waals surface area contributed by atoms with Gasteiger partial charge in [0.2, 0.25) is 5.91 Å². The minimum atomic E-state index is -0.248. The number of hydrogen-bond donors (Lipinski definition) is 3. The lowest BCUT2D eigenvalue weighted by Crippen LogP contribution is -2.36. The van der Waals surface area contributed by atoms with E-state index in [0.29, 0.717) is 15.7 Å². The van der Waals surface area contributed by atoms with Crippen molar-refractivity contribution in [2.45, 2.75) is 18.9 Å². The minimum absolute atomic E-state index is 0.115. The summed E-state index contributed by atoms with van der Waals surface area (Å²) in [5, 5.41) is 8.54. The molecule has 1 atom stereocenters. The fraction of sp³-hybridized carbons (Fsp3) is 0.385. The maximum absolute atomic E-state index is 12.2. The lowest BCUT2D eigenvalue weighted by molar-refractivity contribution is -0.117. The Morgan fingerprint density at radius 2 is 2.10 bits per heavy atom. The van der Waals surface area contributed by atoms with E-state index in [2.05, 4.69) is 47.8 Å². The monoisotopic (exact) mass is 403 g/mol. The van der Waals surface area contributed by atoms with Gasteiger partial charge in [-0.1, -0.05) is 15.9 Å². The number of carbonyl (C=O) groups is 2. The van der Waals surface area contributed by atoms with Gasteiger partial charge in [-0.15, -0.1) is 0 Å². The molecule has 0 aromatic heterocycles. The molecule has 1 aromatic carbocycles. The molecule has 0 radical (unpaired) electrons. The molecule has 20 heavy (non-hydrogen) atoms. The number of anilines is 1. The van der Waals surface area contributed by atoms with Gasteiger partial charge in [0.1, 0.15) is 0 Å². The number of nitrogens with one attached hydrogen (secondary N) is 3. The molecule has 2 rings (SSSR count). The SMILES string of the molecule is CNC(=O)c1cc(Br)cc(Br)c1NC(=O)C1CCCN1. The van der Waals surface area contributed by atoms with Crippen LogP contribution >= 0.6 is 31.9 Å². The van der Waals surface area contributed by atoms with Gasteiger partial charge in [-0.25, -0.2) is 0 Å². The second-order valence-electron chi connectivity index (χ2n) is 4.53. The molecule has 1 aliphatic rings. The summed E-state index contributed by atoms with van der Waals surface area (Å²) in [7, 11) is 1.56. The molecule has 0 saturated carbocycles. The third kappa shape index (κ3) is 3.39. The second kappa shape index (κ2) is 6.69. The predicted molar refractivity (Wildman–Crippen MR) is 84.9 cm³/mol. The number of benzene rings is 1. The standard InChI is InChI=1S/C13H15Br2N3O2/c1-16-12(19)8-5-7(14)6-9(15)11(8)18-13(20)10-3-2-4-17-10/h5-6,10,17H,2-4H2,1H3,(H,16,19)(H,18,20). The molecule has 2 amide bonds. The fourth-order valence-electron chi connectivity index (χ4n) is 2.13. The first kappa shape index (κ1) is 15.5. The van der Waals surface area contributed by atoms with E-state index in [4.69, 9.17) is 0 Å². The van der Waals surface area contributed by atoms with Crippen molar-refractivity contribution in [3.8, 4) is 0 Å². The molecule has 0 aliphatic carbocycles. The van der Waals surface area contributed by atoms with E-state index in [1.54, 1.807) is 19.2 Å². The van der Waals surface area contributed by atoms with E-state index in [9.17, 15) is 9.59 Å². The molecule has 5 nitrogen and oxygen atoms in total. The molecule has 1 saturated heterocycles. The normalized spacial score (nSPS) is 17.9. The van der Waals surface area contributed by atoms with Crippen LogP contribution in [0.5, 0.6) is 0 Å². The predicted octanol–water partition coefficient (Wildman–Crippen LogP) is 2.26. The van der Waals surface area contributed by atoms with Crippen LogP contribution in [-0.4, -0.2) is 31.4 Å². The van der Waals surface area contributed by atoms with Crippen molar-refractivity contribution in [2.24, 2.45) is 0 Å². The molecule has 0 bridgehead atoms. The van der Waals surface area contributed by atoms with Gasteiger partial charge in [-0.2, -0.15) is 0 Å². The van der Waals surface area contributed by atoms with Crippen LogP contribution in [0.4, 0.5) is 5.69 Å². The lowest BCUT2D eigenvalue weighted by atomic mass is 10.1. The summed E-state index contributed by atoms with van der Waals surface area (Å²) in [6.45, 7) is 0.849. The van der Waals surface area contributed by atoms with Crippen LogP contribution < -0.4 is 16.0 Å². The number of halogens is 2. The van der Waals surface area contributed by atoms with E-state index in [1.165, 1.54) is 0 Å². The fourth-order valence-corrected chi connectivity index (χ4v) is 3.46. The first-order valence-electron chi connectivity index (χ1n) is 6.28. The zero-order valence-corrected chi connectivity index (χ0v) is 14.1. The number of rotatable bonds is 3. The average molecular weight is 405 g/mol. The van der Waals surface area contributed by atoms with Gasteiger partial charge in [0.25, 0.3) is 5.91 Å². The molecule has 1 heterocycles. The summed E-state index contributed by atoms with van der Waals surface area (Å²) >= 11 is 6.73. The first-order valence-corrected chi connectivity index (χ1v) is 7.87. The van der Waals surface area contributed by atoms with Gasteiger partial charge in [-0.3, -0.25) is 9.59 Å². The topological polar surface area (TPSA) is 70.2 Å². The summed E-state index contributed by atoms with van der Waals surface area (Å²) < 4.78 is 1.43. The molecule has 7 heteroatoms. The molecule has 1 unspecified atom stereocenters. The van der Waals surface area contributed by atoms with Crippen molar-refractivity contribution in [1.29, 1.82) is 0 Å². The van der Waals surface area contributed by atoms with Crippen LogP contribution in [0.3, 0.4) is 0 Å². The summed E-state index contributed by atoms with van der Waals surface area (Å²) in [4.78, 5) is 24.1. The molecule has 1 aliphatic heterocycles. The second-order valence-corrected chi connectivity index (χ2v) is 6.30. The molecular formula is C13H15Br2N3O2. The van der Waals surface area contributed by atoms with E-state index in [0.717, 1.165) is 23.9 Å². The molecule has 1 fully saturated rings. The van der Waals surface area contributed by atoms with Crippen molar-refractivity contribution in [3.05, 3.63) is 26.6 Å². The maximum atomic E-state index is 12.2. The van der Waals surface area contributed by atoms with Crippen LogP contribution in [-0.2, 0) is 4.79 Å². The van der Waals surface area contributed by atoms with E-state index in [-0.39, 0.29) is 17.9 Å². The summed E-state index contributed by atoms with van der Waals surface area (Å²) in [6.07, 6.45) is 1.80. The van der Waals surface area contributed by atoms with Gasteiger partial charge in [0.15, 0.2) is 0 Å². The number of amides is 2. The third-order valence-corrected chi connectivity index (χ3v) is 4.23. The highest BCUT2D eigenvalue weighted by Gasteiger charge is 2.24. The zero-order valence-electron chi connectivity index (χ0n) is 10.9. The van der Waals surface area contributed by atoms with Crippen molar-refractivity contribution in [2.75, 3.05) is 18.9 Å². The Morgan fingerprint density at radius 1 is 1.35 bits per heavy atom. The minimum Gasteiger partial charge on any atom is -0.355 e. The van der Waals surface area contributed by atoms with Crippen LogP contribution in [0.2, 0.25) is 0 Å². The largest absolute Gasteiger partial charge is 0.355 e. The Balaban J connectivity index is 2.29. The van der Waals surface area contributed by atoms with Gasteiger partial charge >= 0.3 is 0 Å². The summed E-state index contributed by atoms with van der Waals surface area (Å²) in [5.74, 6) is -0.364. The highest BCUT2D eigenvalue weighted by molar-refractivity contribution is 9.11. The Bertz CT molecular complexity index is 543. The van der Waals surface area contributed by atoms with Gasteiger partial charge < -0.3 is 16.0 Å². The van der Waals surface area contributed by atoms with Gasteiger partial charge in [-0.05, 0) is 47.4 Å². The van der Waals surface area contributed by atoms with Crippen LogP contribution in [0, 0.1) is 0 Å².